The van der Waals surface area contributed by atoms with Gasteiger partial charge < -0.3 is 4.98 Å². The number of rotatable bonds is 2. The van der Waals surface area contributed by atoms with Crippen molar-refractivity contribution in [1.82, 2.24) is 9.97 Å². The van der Waals surface area contributed by atoms with Gasteiger partial charge in [0.25, 0.3) is 0 Å². The number of aromatic nitrogens is 2. The van der Waals surface area contributed by atoms with Gasteiger partial charge in [-0.05, 0) is 42.2 Å². The van der Waals surface area contributed by atoms with Gasteiger partial charge in [0.15, 0.2) is 0 Å². The van der Waals surface area contributed by atoms with E-state index in [9.17, 15) is 0 Å². The lowest BCUT2D eigenvalue weighted by Gasteiger charge is -2.08. The highest BCUT2D eigenvalue weighted by Gasteiger charge is 2.11. The first-order valence-electron chi connectivity index (χ1n) is 6.91. The van der Waals surface area contributed by atoms with E-state index in [2.05, 4.69) is 64.0 Å². The van der Waals surface area contributed by atoms with Crippen molar-refractivity contribution < 1.29 is 0 Å². The maximum atomic E-state index is 6.03. The molecule has 2 heterocycles. The van der Waals surface area contributed by atoms with Gasteiger partial charge in [0.05, 0.1) is 0 Å². The van der Waals surface area contributed by atoms with Crippen molar-refractivity contribution in [2.45, 2.75) is 26.7 Å². The summed E-state index contributed by atoms with van der Waals surface area (Å²) in [6.07, 6.45) is 0. The molecule has 1 aromatic carbocycles. The summed E-state index contributed by atoms with van der Waals surface area (Å²) in [6.45, 7) is 6.43. The van der Waals surface area contributed by atoms with Crippen LogP contribution in [0.5, 0.6) is 0 Å². The molecule has 3 rings (SSSR count). The average molecular weight is 364 g/mol. The summed E-state index contributed by atoms with van der Waals surface area (Å²) in [4.78, 5) is 7.71. The summed E-state index contributed by atoms with van der Waals surface area (Å²) in [5.74, 6) is 0.515. The molecule has 0 spiro atoms. The Morgan fingerprint density at radius 2 is 1.95 bits per heavy atom. The Morgan fingerprint density at radius 3 is 2.62 bits per heavy atom. The van der Waals surface area contributed by atoms with E-state index in [1.165, 1.54) is 5.56 Å². The second-order valence-electron chi connectivity index (χ2n) is 5.60. The van der Waals surface area contributed by atoms with Gasteiger partial charge in [0.2, 0.25) is 0 Å². The van der Waals surface area contributed by atoms with E-state index >= 15 is 0 Å². The van der Waals surface area contributed by atoms with Crippen LogP contribution in [-0.2, 0) is 0 Å². The summed E-state index contributed by atoms with van der Waals surface area (Å²) in [5.41, 5.74) is 5.45. The molecule has 0 fully saturated rings. The van der Waals surface area contributed by atoms with Gasteiger partial charge in [0, 0.05) is 21.1 Å². The topological polar surface area (TPSA) is 28.7 Å². The van der Waals surface area contributed by atoms with E-state index in [4.69, 9.17) is 11.6 Å². The lowest BCUT2D eigenvalue weighted by Crippen LogP contribution is -1.88. The maximum absolute atomic E-state index is 6.03. The van der Waals surface area contributed by atoms with Crippen molar-refractivity contribution in [3.63, 3.8) is 0 Å². The molecule has 0 aliphatic rings. The molecule has 1 N–H and O–H groups in total. The van der Waals surface area contributed by atoms with Crippen molar-refractivity contribution in [3.8, 4) is 11.3 Å². The summed E-state index contributed by atoms with van der Waals surface area (Å²) >= 11 is 9.70. The van der Waals surface area contributed by atoms with Crippen LogP contribution in [0.1, 0.15) is 30.9 Å². The van der Waals surface area contributed by atoms with Crippen LogP contribution in [-0.4, -0.2) is 9.97 Å². The van der Waals surface area contributed by atoms with Crippen molar-refractivity contribution in [3.05, 3.63) is 51.1 Å². The third kappa shape index (κ3) is 2.72. The highest BCUT2D eigenvalue weighted by atomic mass is 79.9. The largest absolute Gasteiger partial charge is 0.339 e. The van der Waals surface area contributed by atoms with Crippen LogP contribution in [0, 0.1) is 6.92 Å². The molecule has 108 valence electrons. The van der Waals surface area contributed by atoms with Crippen molar-refractivity contribution >= 4 is 38.6 Å². The monoisotopic (exact) mass is 362 g/mol. The number of nitrogens with zero attached hydrogens (tertiary/aromatic N) is 1. The van der Waals surface area contributed by atoms with Crippen LogP contribution < -0.4 is 0 Å². The van der Waals surface area contributed by atoms with Gasteiger partial charge in [-0.1, -0.05) is 53.5 Å². The van der Waals surface area contributed by atoms with E-state index in [-0.39, 0.29) is 0 Å². The molecule has 0 bridgehead atoms. The Labute approximate surface area is 137 Å². The molecule has 21 heavy (non-hydrogen) atoms. The number of hydrogen-bond donors (Lipinski definition) is 1. The minimum atomic E-state index is 0.515. The van der Waals surface area contributed by atoms with Gasteiger partial charge >= 0.3 is 0 Å². The number of halogens is 2. The van der Waals surface area contributed by atoms with Crippen LogP contribution in [0.4, 0.5) is 0 Å². The fraction of sp³-hybridized carbons (Fsp3) is 0.235. The molecule has 0 radical (unpaired) electrons. The zero-order valence-corrected chi connectivity index (χ0v) is 14.5. The van der Waals surface area contributed by atoms with E-state index in [0.29, 0.717) is 11.1 Å². The van der Waals surface area contributed by atoms with E-state index in [0.717, 1.165) is 32.3 Å². The van der Waals surface area contributed by atoms with Crippen LogP contribution in [0.2, 0.25) is 5.15 Å². The molecule has 0 atom stereocenters. The number of aryl methyl sites for hydroxylation is 1. The first-order chi connectivity index (χ1) is 9.95. The highest BCUT2D eigenvalue weighted by molar-refractivity contribution is 9.10. The summed E-state index contributed by atoms with van der Waals surface area (Å²) in [7, 11) is 0. The zero-order valence-electron chi connectivity index (χ0n) is 12.2. The molecule has 0 saturated heterocycles. The number of hydrogen-bond acceptors (Lipinski definition) is 1. The minimum Gasteiger partial charge on any atom is -0.339 e. The lowest BCUT2D eigenvalue weighted by atomic mass is 10.0. The van der Waals surface area contributed by atoms with Crippen LogP contribution >= 0.6 is 27.5 Å². The van der Waals surface area contributed by atoms with Crippen LogP contribution in [0.25, 0.3) is 22.3 Å². The van der Waals surface area contributed by atoms with Gasteiger partial charge in [-0.2, -0.15) is 0 Å². The smallest absolute Gasteiger partial charge is 0.139 e. The van der Waals surface area contributed by atoms with E-state index in [1.54, 1.807) is 0 Å². The summed E-state index contributed by atoms with van der Waals surface area (Å²) < 4.78 is 1.09. The first-order valence-corrected chi connectivity index (χ1v) is 8.08. The summed E-state index contributed by atoms with van der Waals surface area (Å²) in [6, 6.07) is 10.5. The molecule has 4 heteroatoms. The fourth-order valence-corrected chi connectivity index (χ4v) is 3.34. The number of pyridine rings is 1. The fourth-order valence-electron chi connectivity index (χ4n) is 2.48. The molecule has 2 aromatic heterocycles. The Hall–Kier alpha value is -1.32. The molecule has 0 saturated carbocycles. The molecule has 0 amide bonds. The lowest BCUT2D eigenvalue weighted by molar-refractivity contribution is 0.866. The zero-order chi connectivity index (χ0) is 15.1. The molecule has 3 aromatic rings. The highest BCUT2D eigenvalue weighted by Crippen LogP contribution is 2.33. The SMILES string of the molecule is Cc1cc(Cl)nc2[nH]c(-c3ccc(C(C)C)cc3Br)cc12. The molecular formula is C17H16BrClN2. The van der Waals surface area contributed by atoms with Gasteiger partial charge in [0.1, 0.15) is 10.8 Å². The number of benzene rings is 1. The molecular weight excluding hydrogens is 348 g/mol. The normalized spacial score (nSPS) is 11.5. The van der Waals surface area contributed by atoms with Crippen molar-refractivity contribution in [2.75, 3.05) is 0 Å². The second kappa shape index (κ2) is 5.47. The average Bonchev–Trinajstić information content (AvgIpc) is 2.82. The standard InChI is InChI=1S/C17H16BrClN2/c1-9(2)11-4-5-12(14(18)7-11)15-8-13-10(3)6-16(19)21-17(13)20-15/h4-9H,1-3H3,(H,20,21). The Morgan fingerprint density at radius 1 is 1.19 bits per heavy atom. The molecule has 0 unspecified atom stereocenters. The Bertz CT molecular complexity index is 821. The molecule has 2 nitrogen and oxygen atoms in total. The van der Waals surface area contributed by atoms with E-state index in [1.807, 2.05) is 13.0 Å². The van der Waals surface area contributed by atoms with Crippen molar-refractivity contribution in [1.29, 1.82) is 0 Å². The number of aromatic amines is 1. The molecule has 0 aliphatic heterocycles. The third-order valence-corrected chi connectivity index (χ3v) is 4.58. The number of H-pyrrole nitrogens is 1. The van der Waals surface area contributed by atoms with Gasteiger partial charge in [-0.3, -0.25) is 0 Å². The first kappa shape index (κ1) is 14.6. The van der Waals surface area contributed by atoms with E-state index < -0.39 is 0 Å². The third-order valence-electron chi connectivity index (χ3n) is 3.73. The predicted molar refractivity (Wildman–Crippen MR) is 93.1 cm³/mol. The van der Waals surface area contributed by atoms with Crippen LogP contribution in [0.15, 0.2) is 34.8 Å². The van der Waals surface area contributed by atoms with Crippen molar-refractivity contribution in [2.24, 2.45) is 0 Å². The Kier molecular flexibility index (Phi) is 3.80. The van der Waals surface area contributed by atoms with Gasteiger partial charge in [-0.15, -0.1) is 0 Å². The Balaban J connectivity index is 2.14. The quantitative estimate of drug-likeness (QED) is 0.549. The van der Waals surface area contributed by atoms with Gasteiger partial charge in [-0.25, -0.2) is 4.98 Å². The number of fused-ring (bicyclic) bond motifs is 1. The maximum Gasteiger partial charge on any atom is 0.139 e. The van der Waals surface area contributed by atoms with Crippen LogP contribution in [0.3, 0.4) is 0 Å². The molecule has 0 aliphatic carbocycles. The second-order valence-corrected chi connectivity index (χ2v) is 6.84. The minimum absolute atomic E-state index is 0.515. The summed E-state index contributed by atoms with van der Waals surface area (Å²) in [5, 5.41) is 1.62. The predicted octanol–water partition coefficient (Wildman–Crippen LogP) is 6.08. The number of nitrogens with one attached hydrogen (secondary N) is 1.